The summed E-state index contributed by atoms with van der Waals surface area (Å²) in [5.41, 5.74) is 6.07. The van der Waals surface area contributed by atoms with Gasteiger partial charge in [-0.3, -0.25) is 9.48 Å². The summed E-state index contributed by atoms with van der Waals surface area (Å²) < 4.78 is 1.52. The zero-order valence-corrected chi connectivity index (χ0v) is 9.67. The summed E-state index contributed by atoms with van der Waals surface area (Å²) in [6.45, 7) is 0.191. The lowest BCUT2D eigenvalue weighted by atomic mass is 9.93. The van der Waals surface area contributed by atoms with E-state index in [4.69, 9.17) is 5.73 Å². The fraction of sp³-hybridized carbons (Fsp3) is 0.636. The fourth-order valence-electron chi connectivity index (χ4n) is 2.11. The summed E-state index contributed by atoms with van der Waals surface area (Å²) in [5.74, 6) is -0.0607. The number of nitrogen functional groups attached to an aromatic ring is 1. The molecule has 0 aliphatic heterocycles. The third-order valence-electron chi connectivity index (χ3n) is 3.02. The van der Waals surface area contributed by atoms with Crippen LogP contribution in [0, 0.1) is 0 Å². The van der Waals surface area contributed by atoms with Gasteiger partial charge in [0.2, 0.25) is 5.91 Å². The molecule has 94 valence electrons. The van der Waals surface area contributed by atoms with Gasteiger partial charge in [-0.25, -0.2) is 0 Å². The Kier molecular flexibility index (Phi) is 3.63. The molecule has 0 aromatic carbocycles. The van der Waals surface area contributed by atoms with E-state index in [0.29, 0.717) is 5.69 Å². The van der Waals surface area contributed by atoms with Crippen LogP contribution in [0.1, 0.15) is 25.7 Å². The van der Waals surface area contributed by atoms with Gasteiger partial charge in [0.1, 0.15) is 6.54 Å². The molecule has 1 amide bonds. The second kappa shape index (κ2) is 5.18. The van der Waals surface area contributed by atoms with Crippen molar-refractivity contribution in [3.8, 4) is 0 Å². The number of carbonyl (C=O) groups excluding carboxylic acids is 1. The smallest absolute Gasteiger partial charge is 0.241 e. The molecule has 6 heteroatoms. The summed E-state index contributed by atoms with van der Waals surface area (Å²) in [7, 11) is 0. The van der Waals surface area contributed by atoms with Crippen molar-refractivity contribution in [2.45, 2.75) is 44.4 Å². The van der Waals surface area contributed by atoms with Crippen LogP contribution in [-0.2, 0) is 11.3 Å². The number of hydrogen-bond acceptors (Lipinski definition) is 4. The summed E-state index contributed by atoms with van der Waals surface area (Å²) in [4.78, 5) is 11.7. The highest BCUT2D eigenvalue weighted by molar-refractivity contribution is 5.76. The normalized spacial score (nSPS) is 24.5. The number of anilines is 1. The van der Waals surface area contributed by atoms with Crippen molar-refractivity contribution in [3.63, 3.8) is 0 Å². The molecule has 0 radical (unpaired) electrons. The summed E-state index contributed by atoms with van der Waals surface area (Å²) >= 11 is 0. The predicted molar refractivity (Wildman–Crippen MR) is 63.0 cm³/mol. The Labute approximate surface area is 99.8 Å². The molecule has 1 aliphatic carbocycles. The minimum absolute atomic E-state index is 0.0607. The predicted octanol–water partition coefficient (Wildman–Crippen LogP) is -0.115. The standard InChI is InChI=1S/C11H18N4O2/c12-8-5-13-15(6-8)7-11(17)14-9-1-3-10(16)4-2-9/h5-6,9-10,16H,1-4,7,12H2,(H,14,17). The number of hydrogen-bond donors (Lipinski definition) is 3. The topological polar surface area (TPSA) is 93.2 Å². The van der Waals surface area contributed by atoms with Gasteiger partial charge in [0.15, 0.2) is 0 Å². The average molecular weight is 238 g/mol. The zero-order valence-electron chi connectivity index (χ0n) is 9.67. The molecule has 6 nitrogen and oxygen atoms in total. The van der Waals surface area contributed by atoms with Crippen LogP contribution in [0.25, 0.3) is 0 Å². The molecule has 0 spiro atoms. The number of amides is 1. The Bertz CT molecular complexity index is 383. The molecule has 1 heterocycles. The molecule has 1 aromatic heterocycles. The molecule has 1 aromatic rings. The lowest BCUT2D eigenvalue weighted by Crippen LogP contribution is -2.40. The minimum atomic E-state index is -0.200. The lowest BCUT2D eigenvalue weighted by Gasteiger charge is -2.26. The van der Waals surface area contributed by atoms with Crippen LogP contribution in [0.2, 0.25) is 0 Å². The molecule has 1 aliphatic rings. The van der Waals surface area contributed by atoms with Gasteiger partial charge in [0.25, 0.3) is 0 Å². The maximum atomic E-state index is 11.7. The number of nitrogens with two attached hydrogens (primary N) is 1. The van der Waals surface area contributed by atoms with E-state index in [0.717, 1.165) is 25.7 Å². The summed E-state index contributed by atoms with van der Waals surface area (Å²) in [6, 6.07) is 0.179. The minimum Gasteiger partial charge on any atom is -0.396 e. The Balaban J connectivity index is 1.77. The van der Waals surface area contributed by atoms with E-state index >= 15 is 0 Å². The highest BCUT2D eigenvalue weighted by Gasteiger charge is 2.20. The van der Waals surface area contributed by atoms with Gasteiger partial charge in [-0.15, -0.1) is 0 Å². The van der Waals surface area contributed by atoms with E-state index < -0.39 is 0 Å². The van der Waals surface area contributed by atoms with Crippen molar-refractivity contribution < 1.29 is 9.90 Å². The van der Waals surface area contributed by atoms with Crippen molar-refractivity contribution in [2.75, 3.05) is 5.73 Å². The van der Waals surface area contributed by atoms with E-state index in [9.17, 15) is 9.90 Å². The maximum absolute atomic E-state index is 11.7. The van der Waals surface area contributed by atoms with E-state index in [1.54, 1.807) is 6.20 Å². The van der Waals surface area contributed by atoms with Gasteiger partial charge < -0.3 is 16.2 Å². The third kappa shape index (κ3) is 3.45. The Morgan fingerprint density at radius 3 is 2.82 bits per heavy atom. The number of aromatic nitrogens is 2. The molecule has 0 unspecified atom stereocenters. The van der Waals surface area contributed by atoms with E-state index in [2.05, 4.69) is 10.4 Å². The molecule has 1 fully saturated rings. The maximum Gasteiger partial charge on any atom is 0.241 e. The van der Waals surface area contributed by atoms with Crippen LogP contribution in [-0.4, -0.2) is 32.9 Å². The fourth-order valence-corrected chi connectivity index (χ4v) is 2.11. The number of rotatable bonds is 3. The van der Waals surface area contributed by atoms with E-state index in [1.165, 1.54) is 10.9 Å². The largest absolute Gasteiger partial charge is 0.396 e. The first-order valence-corrected chi connectivity index (χ1v) is 5.89. The average Bonchev–Trinajstić information content (AvgIpc) is 2.67. The van der Waals surface area contributed by atoms with Gasteiger partial charge in [0.05, 0.1) is 18.0 Å². The number of aliphatic hydroxyl groups excluding tert-OH is 1. The molecule has 0 saturated heterocycles. The molecular weight excluding hydrogens is 220 g/mol. The monoisotopic (exact) mass is 238 g/mol. The highest BCUT2D eigenvalue weighted by Crippen LogP contribution is 2.18. The molecule has 1 saturated carbocycles. The third-order valence-corrected chi connectivity index (χ3v) is 3.02. The second-order valence-corrected chi connectivity index (χ2v) is 4.54. The van der Waals surface area contributed by atoms with Crippen molar-refractivity contribution in [1.82, 2.24) is 15.1 Å². The second-order valence-electron chi connectivity index (χ2n) is 4.54. The van der Waals surface area contributed by atoms with Crippen molar-refractivity contribution in [1.29, 1.82) is 0 Å². The number of aliphatic hydroxyl groups is 1. The molecule has 2 rings (SSSR count). The number of carbonyl (C=O) groups is 1. The van der Waals surface area contributed by atoms with E-state index in [-0.39, 0.29) is 24.6 Å². The van der Waals surface area contributed by atoms with Crippen molar-refractivity contribution in [2.24, 2.45) is 0 Å². The van der Waals surface area contributed by atoms with Crippen LogP contribution in [0.15, 0.2) is 12.4 Å². The van der Waals surface area contributed by atoms with Gasteiger partial charge in [-0.05, 0) is 25.7 Å². The first-order chi connectivity index (χ1) is 8.13. The van der Waals surface area contributed by atoms with Gasteiger partial charge in [-0.1, -0.05) is 0 Å². The zero-order chi connectivity index (χ0) is 12.3. The van der Waals surface area contributed by atoms with E-state index in [1.807, 2.05) is 0 Å². The first kappa shape index (κ1) is 11.9. The number of nitrogens with zero attached hydrogens (tertiary/aromatic N) is 2. The summed E-state index contributed by atoms with van der Waals surface area (Å²) in [6.07, 6.45) is 6.16. The van der Waals surface area contributed by atoms with Gasteiger partial charge >= 0.3 is 0 Å². The van der Waals surface area contributed by atoms with Crippen LogP contribution >= 0.6 is 0 Å². The molecule has 4 N–H and O–H groups in total. The first-order valence-electron chi connectivity index (χ1n) is 5.89. The molecular formula is C11H18N4O2. The Hall–Kier alpha value is -1.56. The quantitative estimate of drug-likeness (QED) is 0.684. The lowest BCUT2D eigenvalue weighted by molar-refractivity contribution is -0.122. The molecule has 0 bridgehead atoms. The summed E-state index contributed by atoms with van der Waals surface area (Å²) in [5, 5.41) is 16.3. The molecule has 0 atom stereocenters. The van der Waals surface area contributed by atoms with Crippen LogP contribution in [0.4, 0.5) is 5.69 Å². The van der Waals surface area contributed by atoms with Gasteiger partial charge in [-0.2, -0.15) is 5.10 Å². The van der Waals surface area contributed by atoms with Crippen LogP contribution in [0.5, 0.6) is 0 Å². The van der Waals surface area contributed by atoms with Gasteiger partial charge in [0, 0.05) is 12.2 Å². The van der Waals surface area contributed by atoms with Crippen molar-refractivity contribution >= 4 is 11.6 Å². The molecule has 17 heavy (non-hydrogen) atoms. The SMILES string of the molecule is Nc1cnn(CC(=O)NC2CCC(O)CC2)c1. The van der Waals surface area contributed by atoms with Crippen LogP contribution in [0.3, 0.4) is 0 Å². The Morgan fingerprint density at radius 1 is 1.53 bits per heavy atom. The number of nitrogens with one attached hydrogen (secondary N) is 1. The van der Waals surface area contributed by atoms with Crippen molar-refractivity contribution in [3.05, 3.63) is 12.4 Å². The van der Waals surface area contributed by atoms with Crippen LogP contribution < -0.4 is 11.1 Å². The highest BCUT2D eigenvalue weighted by atomic mass is 16.3. The Morgan fingerprint density at radius 2 is 2.24 bits per heavy atom.